The summed E-state index contributed by atoms with van der Waals surface area (Å²) >= 11 is 0. The summed E-state index contributed by atoms with van der Waals surface area (Å²) in [6, 6.07) is 1.25. The first-order valence-corrected chi connectivity index (χ1v) is 11.5. The van der Waals surface area contributed by atoms with Crippen molar-refractivity contribution < 1.29 is 39.3 Å². The largest absolute Gasteiger partial charge is 0.508 e. The van der Waals surface area contributed by atoms with Crippen LogP contribution in [0.3, 0.4) is 0 Å². The molecule has 4 unspecified atom stereocenters. The zero-order valence-corrected chi connectivity index (χ0v) is 20.1. The van der Waals surface area contributed by atoms with Crippen LogP contribution in [0.25, 0.3) is 0 Å². The van der Waals surface area contributed by atoms with E-state index in [1.807, 2.05) is 0 Å². The van der Waals surface area contributed by atoms with Crippen molar-refractivity contribution in [2.75, 3.05) is 6.54 Å². The molecule has 0 spiro atoms. The molecule has 36 heavy (non-hydrogen) atoms. The third-order valence-electron chi connectivity index (χ3n) is 5.33. The molecule has 0 aromatic heterocycles. The fourth-order valence-electron chi connectivity index (χ4n) is 3.19. The van der Waals surface area contributed by atoms with Crippen molar-refractivity contribution in [2.24, 2.45) is 11.5 Å². The molecule has 13 nitrogen and oxygen atoms in total. The number of carbonyl (C=O) groups excluding carboxylic acids is 3. The van der Waals surface area contributed by atoms with Gasteiger partial charge in [0.2, 0.25) is 17.7 Å². The van der Waals surface area contributed by atoms with E-state index in [4.69, 9.17) is 16.6 Å². The third kappa shape index (κ3) is 11.1. The van der Waals surface area contributed by atoms with E-state index < -0.39 is 53.8 Å². The number of rotatable bonds is 16. The lowest BCUT2D eigenvalue weighted by Crippen LogP contribution is -2.56. The number of amides is 3. The Bertz CT molecular complexity index is 908. The van der Waals surface area contributed by atoms with Gasteiger partial charge in [0.1, 0.15) is 23.9 Å². The van der Waals surface area contributed by atoms with Crippen LogP contribution in [0.5, 0.6) is 5.75 Å². The van der Waals surface area contributed by atoms with Gasteiger partial charge in [-0.3, -0.25) is 19.2 Å². The number of phenols is 1. The zero-order valence-electron chi connectivity index (χ0n) is 20.1. The van der Waals surface area contributed by atoms with Crippen molar-refractivity contribution in [3.05, 3.63) is 29.8 Å². The Labute approximate surface area is 208 Å². The van der Waals surface area contributed by atoms with E-state index in [1.54, 1.807) is 0 Å². The number of aromatic hydroxyl groups is 1. The van der Waals surface area contributed by atoms with E-state index in [0.717, 1.165) is 0 Å². The number of benzene rings is 1. The Hall–Kier alpha value is -3.71. The van der Waals surface area contributed by atoms with Crippen molar-refractivity contribution in [2.45, 2.75) is 69.6 Å². The van der Waals surface area contributed by atoms with E-state index >= 15 is 0 Å². The van der Waals surface area contributed by atoms with E-state index in [2.05, 4.69) is 16.0 Å². The molecule has 0 radical (unpaired) electrons. The first kappa shape index (κ1) is 30.3. The Morgan fingerprint density at radius 2 is 1.47 bits per heavy atom. The van der Waals surface area contributed by atoms with E-state index in [-0.39, 0.29) is 31.4 Å². The van der Waals surface area contributed by atoms with Gasteiger partial charge < -0.3 is 42.7 Å². The van der Waals surface area contributed by atoms with Crippen LogP contribution in [-0.4, -0.2) is 75.7 Å². The molecule has 0 aliphatic carbocycles. The molecular formula is C23H35N5O8. The molecule has 0 aliphatic rings. The minimum Gasteiger partial charge on any atom is -0.508 e. The van der Waals surface area contributed by atoms with Crippen LogP contribution in [0.1, 0.15) is 44.6 Å². The van der Waals surface area contributed by atoms with Gasteiger partial charge in [-0.1, -0.05) is 12.1 Å². The second-order valence-electron chi connectivity index (χ2n) is 8.38. The van der Waals surface area contributed by atoms with Gasteiger partial charge in [-0.15, -0.1) is 0 Å². The molecule has 200 valence electrons. The smallest absolute Gasteiger partial charge is 0.326 e. The summed E-state index contributed by atoms with van der Waals surface area (Å²) in [5, 5.41) is 35.0. The molecule has 0 aliphatic heterocycles. The third-order valence-corrected chi connectivity index (χ3v) is 5.33. The van der Waals surface area contributed by atoms with Gasteiger partial charge in [0.15, 0.2) is 0 Å². The highest BCUT2D eigenvalue weighted by Crippen LogP contribution is 2.12. The predicted octanol–water partition coefficient (Wildman–Crippen LogP) is -1.19. The summed E-state index contributed by atoms with van der Waals surface area (Å²) in [7, 11) is 0. The van der Waals surface area contributed by atoms with Crippen LogP contribution in [0.4, 0.5) is 0 Å². The summed E-state index contributed by atoms with van der Waals surface area (Å²) in [5.41, 5.74) is 11.7. The molecule has 0 heterocycles. The van der Waals surface area contributed by atoms with Gasteiger partial charge >= 0.3 is 11.9 Å². The number of carbonyl (C=O) groups is 5. The summed E-state index contributed by atoms with van der Waals surface area (Å²) in [6.45, 7) is 1.73. The van der Waals surface area contributed by atoms with Crippen LogP contribution in [-0.2, 0) is 30.4 Å². The standard InChI is InChI=1S/C23H35N5O8/c1-13(26-21(33)16(25)9-10-19(30)31)20(32)27-17(4-2-3-11-24)22(34)28-18(23(35)36)12-14-5-7-15(29)8-6-14/h5-8,13,16-18,29H,2-4,9-12,24-25H2,1H3,(H,26,33)(H,27,32)(H,28,34)(H,30,31)(H,35,36). The van der Waals surface area contributed by atoms with Crippen molar-refractivity contribution in [3.8, 4) is 5.75 Å². The maximum Gasteiger partial charge on any atom is 0.326 e. The zero-order chi connectivity index (χ0) is 27.3. The van der Waals surface area contributed by atoms with Crippen molar-refractivity contribution >= 4 is 29.7 Å². The van der Waals surface area contributed by atoms with Gasteiger partial charge in [-0.05, 0) is 56.8 Å². The minimum absolute atomic E-state index is 0.0152. The van der Waals surface area contributed by atoms with Crippen LogP contribution < -0.4 is 27.4 Å². The van der Waals surface area contributed by atoms with Crippen LogP contribution >= 0.6 is 0 Å². The summed E-state index contributed by atoms with van der Waals surface area (Å²) in [6.07, 6.45) is 0.751. The van der Waals surface area contributed by atoms with Crippen LogP contribution in [0.15, 0.2) is 24.3 Å². The highest BCUT2D eigenvalue weighted by molar-refractivity contribution is 5.94. The molecule has 0 fully saturated rings. The van der Waals surface area contributed by atoms with Gasteiger partial charge in [0.05, 0.1) is 6.04 Å². The van der Waals surface area contributed by atoms with Crippen molar-refractivity contribution in [1.29, 1.82) is 0 Å². The lowest BCUT2D eigenvalue weighted by atomic mass is 10.0. The molecule has 1 rings (SSSR count). The first-order valence-electron chi connectivity index (χ1n) is 11.5. The summed E-state index contributed by atoms with van der Waals surface area (Å²) in [4.78, 5) is 60.1. The lowest BCUT2D eigenvalue weighted by Gasteiger charge is -2.24. The van der Waals surface area contributed by atoms with Gasteiger partial charge in [0.25, 0.3) is 0 Å². The summed E-state index contributed by atoms with van der Waals surface area (Å²) < 4.78 is 0. The molecule has 0 saturated heterocycles. The monoisotopic (exact) mass is 509 g/mol. The normalized spacial score (nSPS) is 14.1. The van der Waals surface area contributed by atoms with Crippen LogP contribution in [0, 0.1) is 0 Å². The predicted molar refractivity (Wildman–Crippen MR) is 129 cm³/mol. The molecule has 0 bridgehead atoms. The topological polar surface area (TPSA) is 234 Å². The maximum absolute atomic E-state index is 12.9. The quantitative estimate of drug-likeness (QED) is 0.124. The highest BCUT2D eigenvalue weighted by atomic mass is 16.4. The SMILES string of the molecule is CC(NC(=O)C(N)CCC(=O)O)C(=O)NC(CCCCN)C(=O)NC(Cc1ccc(O)cc1)C(=O)O. The van der Waals surface area contributed by atoms with E-state index in [0.29, 0.717) is 24.9 Å². The van der Waals surface area contributed by atoms with Crippen molar-refractivity contribution in [3.63, 3.8) is 0 Å². The first-order chi connectivity index (χ1) is 16.9. The molecular weight excluding hydrogens is 474 g/mol. The molecule has 0 saturated carbocycles. The number of carboxylic acids is 2. The lowest BCUT2D eigenvalue weighted by molar-refractivity contribution is -0.142. The Kier molecular flexibility index (Phi) is 12.9. The van der Waals surface area contributed by atoms with E-state index in [1.165, 1.54) is 31.2 Å². The number of hydrogen-bond acceptors (Lipinski definition) is 8. The van der Waals surface area contributed by atoms with Crippen molar-refractivity contribution in [1.82, 2.24) is 16.0 Å². The number of nitrogens with one attached hydrogen (secondary N) is 3. The van der Waals surface area contributed by atoms with Gasteiger partial charge in [0, 0.05) is 12.8 Å². The Morgan fingerprint density at radius 3 is 2.03 bits per heavy atom. The fourth-order valence-corrected chi connectivity index (χ4v) is 3.19. The van der Waals surface area contributed by atoms with Gasteiger partial charge in [-0.25, -0.2) is 4.79 Å². The number of nitrogens with two attached hydrogens (primary N) is 2. The average molecular weight is 510 g/mol. The highest BCUT2D eigenvalue weighted by Gasteiger charge is 2.28. The average Bonchev–Trinajstić information content (AvgIpc) is 2.82. The maximum atomic E-state index is 12.9. The molecule has 3 amide bonds. The Morgan fingerprint density at radius 1 is 0.861 bits per heavy atom. The second-order valence-corrected chi connectivity index (χ2v) is 8.38. The second kappa shape index (κ2) is 15.3. The molecule has 13 heteroatoms. The fraction of sp³-hybridized carbons (Fsp3) is 0.522. The number of phenolic OH excluding ortho intramolecular Hbond substituents is 1. The number of hydrogen-bond donors (Lipinski definition) is 8. The van der Waals surface area contributed by atoms with Crippen LogP contribution in [0.2, 0.25) is 0 Å². The molecule has 1 aromatic rings. The molecule has 10 N–H and O–H groups in total. The Balaban J connectivity index is 2.83. The minimum atomic E-state index is -1.29. The number of unbranched alkanes of at least 4 members (excludes halogenated alkanes) is 1. The number of aliphatic carboxylic acids is 2. The molecule has 1 aromatic carbocycles. The van der Waals surface area contributed by atoms with Gasteiger partial charge in [-0.2, -0.15) is 0 Å². The molecule has 4 atom stereocenters. The van der Waals surface area contributed by atoms with E-state index in [9.17, 15) is 34.2 Å². The summed E-state index contributed by atoms with van der Waals surface area (Å²) in [5.74, 6) is -4.51. The number of carboxylic acid groups (broad SMARTS) is 2.